The van der Waals surface area contributed by atoms with Gasteiger partial charge in [0.15, 0.2) is 14.9 Å². The van der Waals surface area contributed by atoms with Gasteiger partial charge in [0.25, 0.3) is 0 Å². The third-order valence-electron chi connectivity index (χ3n) is 2.66. The molecule has 0 fully saturated rings. The van der Waals surface area contributed by atoms with Gasteiger partial charge in [-0.2, -0.15) is 5.26 Å². The van der Waals surface area contributed by atoms with Crippen LogP contribution >= 0.6 is 39.1 Å². The molecule has 0 radical (unpaired) electrons. The number of hydrogen-bond donors (Lipinski definition) is 0. The summed E-state index contributed by atoms with van der Waals surface area (Å²) in [5, 5.41) is 9.44. The molecule has 108 valence electrons. The third kappa shape index (κ3) is 3.22. The zero-order chi connectivity index (χ0) is 15.8. The fourth-order valence-electron chi connectivity index (χ4n) is 1.75. The van der Waals surface area contributed by atoms with E-state index >= 15 is 0 Å². The van der Waals surface area contributed by atoms with Gasteiger partial charge in [0, 0.05) is 16.8 Å². The quantitative estimate of drug-likeness (QED) is 0.705. The van der Waals surface area contributed by atoms with E-state index in [-0.39, 0.29) is 20.2 Å². The number of pyridine rings is 1. The van der Waals surface area contributed by atoms with Crippen LogP contribution in [0.4, 0.5) is 0 Å². The van der Waals surface area contributed by atoms with Gasteiger partial charge in [-0.3, -0.25) is 0 Å². The van der Waals surface area contributed by atoms with Crippen LogP contribution in [-0.2, 0) is 9.84 Å². The molecule has 0 aliphatic heterocycles. The predicted molar refractivity (Wildman–Crippen MR) is 85.2 cm³/mol. The van der Waals surface area contributed by atoms with E-state index in [4.69, 9.17) is 23.2 Å². The summed E-state index contributed by atoms with van der Waals surface area (Å²) >= 11 is 15.1. The highest BCUT2D eigenvalue weighted by Gasteiger charge is 2.24. The second-order valence-corrected chi connectivity index (χ2v) is 7.66. The third-order valence-corrected chi connectivity index (χ3v) is 4.96. The normalized spacial score (nSPS) is 11.2. The first-order valence-electron chi connectivity index (χ1n) is 5.50. The minimum atomic E-state index is -3.63. The highest BCUT2D eigenvalue weighted by Crippen LogP contribution is 2.38. The maximum absolute atomic E-state index is 11.8. The van der Waals surface area contributed by atoms with Crippen molar-refractivity contribution in [3.8, 4) is 17.2 Å². The van der Waals surface area contributed by atoms with Crippen molar-refractivity contribution in [3.05, 3.63) is 44.5 Å². The van der Waals surface area contributed by atoms with Crippen molar-refractivity contribution in [2.24, 2.45) is 0 Å². The Kier molecular flexibility index (Phi) is 4.59. The lowest BCUT2D eigenvalue weighted by Gasteiger charge is -2.11. The summed E-state index contributed by atoms with van der Waals surface area (Å²) in [5.41, 5.74) is 1.04. The number of hydrogen-bond acceptors (Lipinski definition) is 4. The van der Waals surface area contributed by atoms with Crippen LogP contribution < -0.4 is 0 Å². The topological polar surface area (TPSA) is 70.8 Å². The molecule has 0 spiro atoms. The van der Waals surface area contributed by atoms with Crippen LogP contribution in [0.2, 0.25) is 10.0 Å². The van der Waals surface area contributed by atoms with Crippen molar-refractivity contribution in [2.75, 3.05) is 6.26 Å². The van der Waals surface area contributed by atoms with E-state index in [1.807, 2.05) is 6.07 Å². The van der Waals surface area contributed by atoms with Crippen molar-refractivity contribution < 1.29 is 8.42 Å². The van der Waals surface area contributed by atoms with Gasteiger partial charge in [0.05, 0.1) is 10.6 Å². The minimum Gasteiger partial charge on any atom is -0.226 e. The maximum atomic E-state index is 11.8. The SMILES string of the molecule is CS(=O)(=O)c1nc(Br)c(C#N)c(-c2ccc(Cl)cc2)c1Cl. The lowest BCUT2D eigenvalue weighted by atomic mass is 10.0. The summed E-state index contributed by atoms with van der Waals surface area (Å²) < 4.78 is 23.7. The second-order valence-electron chi connectivity index (χ2n) is 4.16. The minimum absolute atomic E-state index is 0.0837. The molecule has 0 amide bonds. The van der Waals surface area contributed by atoms with E-state index in [1.54, 1.807) is 24.3 Å². The Hall–Kier alpha value is -1.13. The van der Waals surface area contributed by atoms with Crippen molar-refractivity contribution in [1.82, 2.24) is 4.98 Å². The molecule has 2 aromatic rings. The van der Waals surface area contributed by atoms with Crippen molar-refractivity contribution >= 4 is 49.0 Å². The van der Waals surface area contributed by atoms with Crippen molar-refractivity contribution in [1.29, 1.82) is 5.26 Å². The Morgan fingerprint density at radius 1 is 1.24 bits per heavy atom. The van der Waals surface area contributed by atoms with E-state index in [2.05, 4.69) is 20.9 Å². The molecule has 0 saturated carbocycles. The molecule has 0 unspecified atom stereocenters. The molecule has 0 bridgehead atoms. The number of rotatable bonds is 2. The highest BCUT2D eigenvalue weighted by molar-refractivity contribution is 9.10. The number of benzene rings is 1. The second kappa shape index (κ2) is 5.93. The smallest absolute Gasteiger partial charge is 0.194 e. The number of halogens is 3. The Morgan fingerprint density at radius 3 is 2.29 bits per heavy atom. The number of aromatic nitrogens is 1. The van der Waals surface area contributed by atoms with Gasteiger partial charge in [-0.25, -0.2) is 13.4 Å². The van der Waals surface area contributed by atoms with E-state index in [0.717, 1.165) is 6.26 Å². The lowest BCUT2D eigenvalue weighted by molar-refractivity contribution is 0.598. The lowest BCUT2D eigenvalue weighted by Crippen LogP contribution is -2.05. The molecular formula is C13H7BrCl2N2O2S. The van der Waals surface area contributed by atoms with Crippen LogP contribution in [0, 0.1) is 11.3 Å². The van der Waals surface area contributed by atoms with E-state index in [0.29, 0.717) is 16.1 Å². The number of sulfone groups is 1. The van der Waals surface area contributed by atoms with Crippen molar-refractivity contribution in [2.45, 2.75) is 5.03 Å². The van der Waals surface area contributed by atoms with Gasteiger partial charge in [-0.15, -0.1) is 0 Å². The van der Waals surface area contributed by atoms with Crippen LogP contribution in [0.5, 0.6) is 0 Å². The largest absolute Gasteiger partial charge is 0.226 e. The molecule has 0 aliphatic carbocycles. The zero-order valence-electron chi connectivity index (χ0n) is 10.6. The molecule has 1 aromatic heterocycles. The monoisotopic (exact) mass is 404 g/mol. The van der Waals surface area contributed by atoms with Crippen LogP contribution in [0.25, 0.3) is 11.1 Å². The molecule has 0 saturated heterocycles. The number of nitrogens with zero attached hydrogens (tertiary/aromatic N) is 2. The van der Waals surface area contributed by atoms with E-state index in [1.165, 1.54) is 0 Å². The summed E-state index contributed by atoms with van der Waals surface area (Å²) in [5.74, 6) is 0. The molecule has 0 aliphatic rings. The maximum Gasteiger partial charge on any atom is 0.194 e. The van der Waals surface area contributed by atoms with Crippen LogP contribution in [-0.4, -0.2) is 19.7 Å². The predicted octanol–water partition coefficient (Wildman–Crippen LogP) is 4.09. The Morgan fingerprint density at radius 2 is 1.81 bits per heavy atom. The van der Waals surface area contributed by atoms with Gasteiger partial charge < -0.3 is 0 Å². The van der Waals surface area contributed by atoms with Crippen LogP contribution in [0.3, 0.4) is 0 Å². The van der Waals surface area contributed by atoms with Gasteiger partial charge in [0.1, 0.15) is 10.7 Å². The summed E-state index contributed by atoms with van der Waals surface area (Å²) in [6.07, 6.45) is 1.01. The van der Waals surface area contributed by atoms with Gasteiger partial charge in [-0.1, -0.05) is 35.3 Å². The Labute approximate surface area is 140 Å². The van der Waals surface area contributed by atoms with Crippen LogP contribution in [0.1, 0.15) is 5.56 Å². The number of nitriles is 1. The zero-order valence-corrected chi connectivity index (χ0v) is 14.5. The first-order chi connectivity index (χ1) is 9.75. The Balaban J connectivity index is 2.89. The summed E-state index contributed by atoms with van der Waals surface area (Å²) in [6, 6.07) is 8.54. The van der Waals surface area contributed by atoms with Gasteiger partial charge in [-0.05, 0) is 33.6 Å². The molecule has 21 heavy (non-hydrogen) atoms. The summed E-state index contributed by atoms with van der Waals surface area (Å²) in [6.45, 7) is 0. The van der Waals surface area contributed by atoms with Gasteiger partial charge in [0.2, 0.25) is 0 Å². The standard InChI is InChI=1S/C13H7BrCl2N2O2S/c1-21(19,20)13-11(16)10(9(6-17)12(14)18-13)7-2-4-8(15)5-3-7/h2-5H,1H3. The Bertz CT molecular complexity index is 859. The fraction of sp³-hybridized carbons (Fsp3) is 0.0769. The molecule has 1 aromatic carbocycles. The molecule has 1 heterocycles. The molecule has 8 heteroatoms. The van der Waals surface area contributed by atoms with E-state index in [9.17, 15) is 13.7 Å². The first-order valence-corrected chi connectivity index (χ1v) is 8.95. The van der Waals surface area contributed by atoms with Crippen LogP contribution in [0.15, 0.2) is 33.9 Å². The van der Waals surface area contributed by atoms with Crippen molar-refractivity contribution in [3.63, 3.8) is 0 Å². The average Bonchev–Trinajstić information content (AvgIpc) is 2.40. The molecule has 2 rings (SSSR count). The molecule has 4 nitrogen and oxygen atoms in total. The average molecular weight is 406 g/mol. The fourth-order valence-corrected chi connectivity index (χ4v) is 3.81. The summed E-state index contributed by atoms with van der Waals surface area (Å²) in [4.78, 5) is 3.87. The van der Waals surface area contributed by atoms with Gasteiger partial charge >= 0.3 is 0 Å². The molecule has 0 atom stereocenters. The first kappa shape index (κ1) is 16.2. The molecular weight excluding hydrogens is 399 g/mol. The summed E-state index contributed by atoms with van der Waals surface area (Å²) in [7, 11) is -3.63. The van der Waals surface area contributed by atoms with E-state index < -0.39 is 9.84 Å². The highest BCUT2D eigenvalue weighted by atomic mass is 79.9. The molecule has 0 N–H and O–H groups in total.